The molecule has 0 heterocycles. The summed E-state index contributed by atoms with van der Waals surface area (Å²) in [6.07, 6.45) is 0. The molecule has 0 aliphatic carbocycles. The SMILES string of the molecule is CC(C)(C)C(C)(C)[O-].CC(C)(C)C(C)(C)[O-].CC(C)(C)C(C)(C)[O-].CC(C)(C)C(C)(C)[O-].[Ti+4]. The molecule has 0 spiro atoms. The molecule has 0 radical (unpaired) electrons. The van der Waals surface area contributed by atoms with E-state index in [2.05, 4.69) is 0 Å². The molecule has 0 unspecified atom stereocenters. The second-order valence-corrected chi connectivity index (χ2v) is 15.0. The van der Waals surface area contributed by atoms with Gasteiger partial charge in [0.2, 0.25) is 0 Å². The fraction of sp³-hybridized carbons (Fsp3) is 1.00. The molecule has 200 valence electrons. The Kier molecular flexibility index (Phi) is 18.2. The van der Waals surface area contributed by atoms with Crippen molar-refractivity contribution in [2.75, 3.05) is 0 Å². The molecule has 0 fully saturated rings. The van der Waals surface area contributed by atoms with Crippen LogP contribution in [-0.2, 0) is 21.7 Å². The van der Waals surface area contributed by atoms with Crippen LogP contribution in [0.15, 0.2) is 0 Å². The smallest absolute Gasteiger partial charge is 0.849 e. The molecule has 0 aliphatic heterocycles. The molecule has 0 amide bonds. The van der Waals surface area contributed by atoms with Crippen molar-refractivity contribution in [3.63, 3.8) is 0 Å². The normalized spacial score (nSPS) is 13.8. The summed E-state index contributed by atoms with van der Waals surface area (Å²) in [5.41, 5.74) is -3.72. The molecule has 0 aromatic heterocycles. The van der Waals surface area contributed by atoms with Gasteiger partial charge in [0.15, 0.2) is 0 Å². The predicted octanol–water partition coefficient (Wildman–Crippen LogP) is 4.68. The second kappa shape index (κ2) is 13.7. The summed E-state index contributed by atoms with van der Waals surface area (Å²) in [5.74, 6) is 0. The molecule has 0 saturated carbocycles. The van der Waals surface area contributed by atoms with E-state index in [4.69, 9.17) is 0 Å². The van der Waals surface area contributed by atoms with Crippen LogP contribution in [-0.4, -0.2) is 22.4 Å². The number of rotatable bonds is 0. The van der Waals surface area contributed by atoms with Crippen LogP contribution in [0.5, 0.6) is 0 Å². The maximum Gasteiger partial charge on any atom is 4.00 e. The Hall–Kier alpha value is 0.554. The second-order valence-electron chi connectivity index (χ2n) is 15.0. The molecule has 0 N–H and O–H groups in total. The van der Waals surface area contributed by atoms with Gasteiger partial charge in [-0.25, -0.2) is 0 Å². The predicted molar refractivity (Wildman–Crippen MR) is 134 cm³/mol. The molecule has 0 atom stereocenters. The van der Waals surface area contributed by atoms with E-state index in [-0.39, 0.29) is 43.4 Å². The molecule has 5 heteroatoms. The van der Waals surface area contributed by atoms with Crippen molar-refractivity contribution in [2.24, 2.45) is 21.7 Å². The number of hydrogen-bond donors (Lipinski definition) is 0. The Morgan fingerprint density at radius 3 is 0.273 bits per heavy atom. The van der Waals surface area contributed by atoms with E-state index in [0.717, 1.165) is 0 Å². The zero-order valence-electron chi connectivity index (χ0n) is 26.1. The van der Waals surface area contributed by atoms with Crippen molar-refractivity contribution in [2.45, 2.75) is 161 Å². The van der Waals surface area contributed by atoms with Gasteiger partial charge in [-0.1, -0.05) is 138 Å². The Bertz CT molecular complexity index is 340. The van der Waals surface area contributed by atoms with Gasteiger partial charge in [0, 0.05) is 0 Å². The van der Waals surface area contributed by atoms with E-state index in [1.807, 2.05) is 83.1 Å². The molecule has 0 aromatic carbocycles. The van der Waals surface area contributed by atoms with Gasteiger partial charge in [-0.2, -0.15) is 0 Å². The summed E-state index contributed by atoms with van der Waals surface area (Å²) in [7, 11) is 0. The van der Waals surface area contributed by atoms with Crippen molar-refractivity contribution >= 4 is 0 Å². The van der Waals surface area contributed by atoms with Crippen LogP contribution in [0.3, 0.4) is 0 Å². The maximum atomic E-state index is 11.1. The van der Waals surface area contributed by atoms with E-state index in [0.29, 0.717) is 0 Å². The van der Waals surface area contributed by atoms with Gasteiger partial charge in [0.05, 0.1) is 0 Å². The van der Waals surface area contributed by atoms with E-state index in [1.165, 1.54) is 0 Å². The molecule has 33 heavy (non-hydrogen) atoms. The van der Waals surface area contributed by atoms with Gasteiger partial charge >= 0.3 is 21.7 Å². The zero-order chi connectivity index (χ0) is 28.0. The first-order valence-corrected chi connectivity index (χ1v) is 11.8. The Labute approximate surface area is 224 Å². The van der Waals surface area contributed by atoms with Crippen molar-refractivity contribution in [3.05, 3.63) is 0 Å². The molecular formula is C28H60O4Ti. The standard InChI is InChI=1S/4C7H15O.Ti/c4*1-6(2,3)7(4,5)8;/h4*1-5H3;/q4*-1;+4. The third kappa shape index (κ3) is 22.7. The van der Waals surface area contributed by atoms with Crippen LogP contribution in [0.25, 0.3) is 0 Å². The molecule has 0 bridgehead atoms. The summed E-state index contributed by atoms with van der Waals surface area (Å²) in [6, 6.07) is 0. The minimum atomic E-state index is -0.812. The van der Waals surface area contributed by atoms with E-state index < -0.39 is 22.4 Å². The summed E-state index contributed by atoms with van der Waals surface area (Å²) in [6.45, 7) is 37.2. The fourth-order valence-corrected chi connectivity index (χ4v) is 0. The topological polar surface area (TPSA) is 92.2 Å². The summed E-state index contributed by atoms with van der Waals surface area (Å²) in [5, 5.41) is 44.5. The van der Waals surface area contributed by atoms with Gasteiger partial charge in [0.25, 0.3) is 0 Å². The molecule has 0 rings (SSSR count). The first kappa shape index (κ1) is 43.6. The van der Waals surface area contributed by atoms with Crippen LogP contribution in [0.4, 0.5) is 0 Å². The molecule has 4 nitrogen and oxygen atoms in total. The van der Waals surface area contributed by atoms with Gasteiger partial charge in [0.1, 0.15) is 0 Å². The van der Waals surface area contributed by atoms with Gasteiger partial charge in [-0.3, -0.25) is 0 Å². The third-order valence-electron chi connectivity index (χ3n) is 7.22. The largest absolute Gasteiger partial charge is 4.00 e. The van der Waals surface area contributed by atoms with Crippen molar-refractivity contribution < 1.29 is 42.1 Å². The first-order chi connectivity index (χ1) is 13.0. The third-order valence-corrected chi connectivity index (χ3v) is 7.22. The first-order valence-electron chi connectivity index (χ1n) is 11.8. The Morgan fingerprint density at radius 1 is 0.242 bits per heavy atom. The van der Waals surface area contributed by atoms with Crippen LogP contribution in [0.1, 0.15) is 138 Å². The van der Waals surface area contributed by atoms with Crippen LogP contribution >= 0.6 is 0 Å². The fourth-order valence-electron chi connectivity index (χ4n) is 0. The minimum Gasteiger partial charge on any atom is -0.849 e. The van der Waals surface area contributed by atoms with Gasteiger partial charge < -0.3 is 20.4 Å². The van der Waals surface area contributed by atoms with Crippen LogP contribution < -0.4 is 20.4 Å². The van der Waals surface area contributed by atoms with E-state index in [1.54, 1.807) is 55.4 Å². The molecular weight excluding hydrogens is 448 g/mol. The Balaban J connectivity index is -0.000000105. The summed E-state index contributed by atoms with van der Waals surface area (Å²) < 4.78 is 0. The quantitative estimate of drug-likeness (QED) is 0.444. The monoisotopic (exact) mass is 508 g/mol. The van der Waals surface area contributed by atoms with Crippen LogP contribution in [0.2, 0.25) is 0 Å². The van der Waals surface area contributed by atoms with E-state index in [9.17, 15) is 20.4 Å². The summed E-state index contributed by atoms with van der Waals surface area (Å²) >= 11 is 0. The number of hydrogen-bond acceptors (Lipinski definition) is 4. The van der Waals surface area contributed by atoms with Crippen molar-refractivity contribution in [1.82, 2.24) is 0 Å². The van der Waals surface area contributed by atoms with Crippen molar-refractivity contribution in [3.8, 4) is 0 Å². The average Bonchev–Trinajstić information content (AvgIpc) is 2.30. The summed E-state index contributed by atoms with van der Waals surface area (Å²) in [4.78, 5) is 0. The molecule has 0 aromatic rings. The Morgan fingerprint density at radius 2 is 0.273 bits per heavy atom. The maximum absolute atomic E-state index is 11.1. The van der Waals surface area contributed by atoms with E-state index >= 15 is 0 Å². The minimum absolute atomic E-state index is 0. The van der Waals surface area contributed by atoms with Gasteiger partial charge in [-0.15, -0.1) is 22.4 Å². The van der Waals surface area contributed by atoms with Gasteiger partial charge in [-0.05, 0) is 21.7 Å². The molecule has 0 aliphatic rings. The van der Waals surface area contributed by atoms with Crippen molar-refractivity contribution in [1.29, 1.82) is 0 Å². The average molecular weight is 509 g/mol. The van der Waals surface area contributed by atoms with Crippen LogP contribution in [0, 0.1) is 21.7 Å². The molecule has 0 saturated heterocycles. The zero-order valence-corrected chi connectivity index (χ0v) is 27.7.